The first-order chi connectivity index (χ1) is 9.41. The molecule has 2 N–H and O–H groups in total. The quantitative estimate of drug-likeness (QED) is 0.853. The van der Waals surface area contributed by atoms with Crippen LogP contribution in [0.2, 0.25) is 0 Å². The van der Waals surface area contributed by atoms with Gasteiger partial charge in [-0.2, -0.15) is 0 Å². The molecule has 2 nitrogen and oxygen atoms in total. The molecule has 0 bridgehead atoms. The van der Waals surface area contributed by atoms with Crippen molar-refractivity contribution in [3.8, 4) is 0 Å². The van der Waals surface area contributed by atoms with Crippen molar-refractivity contribution < 1.29 is 0 Å². The largest absolute Gasteiger partial charge is 0.323 e. The number of nitrogens with two attached hydrogens (primary N) is 1. The lowest BCUT2D eigenvalue weighted by Crippen LogP contribution is -2.34. The summed E-state index contributed by atoms with van der Waals surface area (Å²) in [7, 11) is 0. The summed E-state index contributed by atoms with van der Waals surface area (Å²) in [6.45, 7) is 11.2. The van der Waals surface area contributed by atoms with Crippen LogP contribution in [0.5, 0.6) is 0 Å². The Balaban J connectivity index is 1.99. The number of rotatable bonds is 6. The summed E-state index contributed by atoms with van der Waals surface area (Å²) in [5, 5.41) is 0. The lowest BCUT2D eigenvalue weighted by molar-refractivity contribution is 0.248. The van der Waals surface area contributed by atoms with E-state index < -0.39 is 0 Å². The number of hydrogen-bond donors (Lipinski definition) is 1. The van der Waals surface area contributed by atoms with Crippen molar-refractivity contribution in [1.29, 1.82) is 0 Å². The van der Waals surface area contributed by atoms with Crippen LogP contribution < -0.4 is 5.73 Å². The van der Waals surface area contributed by atoms with Gasteiger partial charge in [0, 0.05) is 18.6 Å². The predicted molar refractivity (Wildman–Crippen MR) is 87.0 cm³/mol. The molecule has 0 amide bonds. The van der Waals surface area contributed by atoms with Crippen LogP contribution >= 0.6 is 0 Å². The molecule has 1 unspecified atom stereocenters. The molecule has 112 valence electrons. The van der Waals surface area contributed by atoms with Crippen molar-refractivity contribution in [2.75, 3.05) is 13.1 Å². The van der Waals surface area contributed by atoms with Crippen molar-refractivity contribution in [3.05, 3.63) is 35.4 Å². The van der Waals surface area contributed by atoms with Gasteiger partial charge >= 0.3 is 0 Å². The Hall–Kier alpha value is -0.860. The minimum absolute atomic E-state index is 0.135. The van der Waals surface area contributed by atoms with Gasteiger partial charge in [-0.25, -0.2) is 0 Å². The SMILES string of the molecule is CCCN(CC(N)c1ccc(C(C)(C)C)cc1)C1CC1. The van der Waals surface area contributed by atoms with E-state index in [0.29, 0.717) is 0 Å². The Bertz CT molecular complexity index is 412. The molecule has 0 radical (unpaired) electrons. The molecule has 1 atom stereocenters. The van der Waals surface area contributed by atoms with Crippen molar-refractivity contribution in [3.63, 3.8) is 0 Å². The Morgan fingerprint density at radius 3 is 2.25 bits per heavy atom. The zero-order chi connectivity index (χ0) is 14.8. The summed E-state index contributed by atoms with van der Waals surface area (Å²) in [6.07, 6.45) is 3.93. The zero-order valence-electron chi connectivity index (χ0n) is 13.5. The second-order valence-corrected chi connectivity index (χ2v) is 7.20. The van der Waals surface area contributed by atoms with Crippen LogP contribution in [-0.2, 0) is 5.41 Å². The minimum Gasteiger partial charge on any atom is -0.323 e. The van der Waals surface area contributed by atoms with E-state index in [1.165, 1.54) is 36.9 Å². The zero-order valence-corrected chi connectivity index (χ0v) is 13.5. The summed E-state index contributed by atoms with van der Waals surface area (Å²) in [4.78, 5) is 2.57. The fourth-order valence-electron chi connectivity index (χ4n) is 2.74. The lowest BCUT2D eigenvalue weighted by Gasteiger charge is -2.26. The maximum absolute atomic E-state index is 6.41. The lowest BCUT2D eigenvalue weighted by atomic mass is 9.86. The normalized spacial score (nSPS) is 17.5. The molecular weight excluding hydrogens is 244 g/mol. The highest BCUT2D eigenvalue weighted by Gasteiger charge is 2.29. The van der Waals surface area contributed by atoms with Gasteiger partial charge in [-0.3, -0.25) is 4.90 Å². The van der Waals surface area contributed by atoms with E-state index in [1.54, 1.807) is 0 Å². The third-order valence-corrected chi connectivity index (χ3v) is 4.21. The van der Waals surface area contributed by atoms with Gasteiger partial charge in [0.25, 0.3) is 0 Å². The van der Waals surface area contributed by atoms with E-state index in [1.807, 2.05) is 0 Å². The Morgan fingerprint density at radius 2 is 1.80 bits per heavy atom. The van der Waals surface area contributed by atoms with E-state index in [0.717, 1.165) is 12.6 Å². The monoisotopic (exact) mass is 274 g/mol. The van der Waals surface area contributed by atoms with Crippen LogP contribution in [0.15, 0.2) is 24.3 Å². The molecule has 2 rings (SSSR count). The maximum atomic E-state index is 6.41. The topological polar surface area (TPSA) is 29.3 Å². The van der Waals surface area contributed by atoms with Crippen LogP contribution in [0.3, 0.4) is 0 Å². The molecule has 1 aromatic rings. The van der Waals surface area contributed by atoms with Crippen LogP contribution in [0.25, 0.3) is 0 Å². The van der Waals surface area contributed by atoms with E-state index in [-0.39, 0.29) is 11.5 Å². The standard InChI is InChI=1S/C18H30N2/c1-5-12-20(16-10-11-16)13-17(19)14-6-8-15(9-7-14)18(2,3)4/h6-9,16-17H,5,10-13,19H2,1-4H3. The minimum atomic E-state index is 0.135. The van der Waals surface area contributed by atoms with Crippen LogP contribution in [0.4, 0.5) is 0 Å². The summed E-state index contributed by atoms with van der Waals surface area (Å²) in [6, 6.07) is 9.82. The second-order valence-electron chi connectivity index (χ2n) is 7.20. The summed E-state index contributed by atoms with van der Waals surface area (Å²) in [5.41, 5.74) is 9.26. The van der Waals surface area contributed by atoms with E-state index in [9.17, 15) is 0 Å². The molecule has 1 saturated carbocycles. The highest BCUT2D eigenvalue weighted by atomic mass is 15.2. The summed E-state index contributed by atoms with van der Waals surface area (Å²) < 4.78 is 0. The van der Waals surface area contributed by atoms with Crippen LogP contribution in [-0.4, -0.2) is 24.0 Å². The molecule has 1 aliphatic rings. The number of hydrogen-bond acceptors (Lipinski definition) is 2. The molecule has 0 aliphatic heterocycles. The highest BCUT2D eigenvalue weighted by Crippen LogP contribution is 2.29. The molecule has 1 aromatic carbocycles. The van der Waals surface area contributed by atoms with E-state index in [2.05, 4.69) is 56.9 Å². The molecule has 20 heavy (non-hydrogen) atoms. The fraction of sp³-hybridized carbons (Fsp3) is 0.667. The van der Waals surface area contributed by atoms with Crippen LogP contribution in [0.1, 0.15) is 64.1 Å². The van der Waals surface area contributed by atoms with E-state index >= 15 is 0 Å². The molecule has 0 spiro atoms. The fourth-order valence-corrected chi connectivity index (χ4v) is 2.74. The van der Waals surface area contributed by atoms with Crippen molar-refractivity contribution in [1.82, 2.24) is 4.90 Å². The Morgan fingerprint density at radius 1 is 1.20 bits per heavy atom. The summed E-state index contributed by atoms with van der Waals surface area (Å²) in [5.74, 6) is 0. The Kier molecular flexibility index (Phi) is 4.87. The molecule has 0 saturated heterocycles. The molecular formula is C18H30N2. The van der Waals surface area contributed by atoms with Crippen molar-refractivity contribution in [2.45, 2.75) is 64.5 Å². The predicted octanol–water partition coefficient (Wildman–Crippen LogP) is 3.86. The van der Waals surface area contributed by atoms with E-state index in [4.69, 9.17) is 5.73 Å². The molecule has 0 aromatic heterocycles. The summed E-state index contributed by atoms with van der Waals surface area (Å²) >= 11 is 0. The van der Waals surface area contributed by atoms with Gasteiger partial charge in [-0.15, -0.1) is 0 Å². The average molecular weight is 274 g/mol. The third kappa shape index (κ3) is 4.07. The van der Waals surface area contributed by atoms with Gasteiger partial charge in [0.15, 0.2) is 0 Å². The first-order valence-corrected chi connectivity index (χ1v) is 8.02. The van der Waals surface area contributed by atoms with Crippen molar-refractivity contribution >= 4 is 0 Å². The Labute approximate surface area is 124 Å². The van der Waals surface area contributed by atoms with Gasteiger partial charge in [-0.1, -0.05) is 52.0 Å². The number of benzene rings is 1. The molecule has 2 heteroatoms. The smallest absolute Gasteiger partial charge is 0.0424 e. The molecule has 0 heterocycles. The highest BCUT2D eigenvalue weighted by molar-refractivity contribution is 5.29. The maximum Gasteiger partial charge on any atom is 0.0424 e. The van der Waals surface area contributed by atoms with Gasteiger partial charge < -0.3 is 5.73 Å². The third-order valence-electron chi connectivity index (χ3n) is 4.21. The first-order valence-electron chi connectivity index (χ1n) is 8.02. The number of nitrogens with zero attached hydrogens (tertiary/aromatic N) is 1. The first kappa shape index (κ1) is 15.5. The second kappa shape index (κ2) is 6.28. The van der Waals surface area contributed by atoms with Gasteiger partial charge in [0.2, 0.25) is 0 Å². The molecule has 1 aliphatic carbocycles. The van der Waals surface area contributed by atoms with Gasteiger partial charge in [0.1, 0.15) is 0 Å². The molecule has 1 fully saturated rings. The van der Waals surface area contributed by atoms with Crippen molar-refractivity contribution in [2.24, 2.45) is 5.73 Å². The van der Waals surface area contributed by atoms with Gasteiger partial charge in [-0.05, 0) is 42.3 Å². The van der Waals surface area contributed by atoms with Gasteiger partial charge in [0.05, 0.1) is 0 Å². The average Bonchev–Trinajstić information content (AvgIpc) is 3.21. The van der Waals surface area contributed by atoms with Crippen LogP contribution in [0, 0.1) is 0 Å².